The first-order valence-electron chi connectivity index (χ1n) is 9.04. The molecule has 0 N–H and O–H groups in total. The van der Waals surface area contributed by atoms with Crippen LogP contribution in [-0.4, -0.2) is 19.0 Å². The van der Waals surface area contributed by atoms with Crippen LogP contribution in [-0.2, 0) is 9.47 Å². The molecular weight excluding hydrogens is 260 g/mol. The van der Waals surface area contributed by atoms with Crippen LogP contribution in [0.15, 0.2) is 12.2 Å². The molecule has 2 atom stereocenters. The Kier molecular flexibility index (Phi) is 11.9. The van der Waals surface area contributed by atoms with Crippen LogP contribution < -0.4 is 0 Å². The largest absolute Gasteiger partial charge is 0.353 e. The molecule has 0 saturated carbocycles. The monoisotopic (exact) mass is 295 g/mol. The zero-order chi connectivity index (χ0) is 15.2. The van der Waals surface area contributed by atoms with Crippen LogP contribution in [0.25, 0.3) is 0 Å². The summed E-state index contributed by atoms with van der Waals surface area (Å²) < 4.78 is 11.5. The highest BCUT2D eigenvalue weighted by Crippen LogP contribution is 2.18. The van der Waals surface area contributed by atoms with Crippen molar-refractivity contribution >= 4 is 0 Å². The van der Waals surface area contributed by atoms with Gasteiger partial charge < -0.3 is 9.47 Å². The molecule has 0 aromatic rings. The molecule has 0 bridgehead atoms. The second-order valence-corrected chi connectivity index (χ2v) is 6.20. The molecule has 1 aliphatic rings. The van der Waals surface area contributed by atoms with Crippen molar-refractivity contribution in [3.8, 4) is 0 Å². The third-order valence-electron chi connectivity index (χ3n) is 4.04. The third kappa shape index (κ3) is 11.0. The second kappa shape index (κ2) is 13.3. The lowest BCUT2D eigenvalue weighted by Gasteiger charge is -2.26. The highest BCUT2D eigenvalue weighted by atomic mass is 16.7. The van der Waals surface area contributed by atoms with Crippen LogP contribution >= 0.6 is 0 Å². The van der Waals surface area contributed by atoms with Crippen molar-refractivity contribution in [1.82, 2.24) is 0 Å². The smallest absolute Gasteiger partial charge is 0.157 e. The van der Waals surface area contributed by atoms with E-state index < -0.39 is 0 Å². The summed E-state index contributed by atoms with van der Waals surface area (Å²) in [7, 11) is 0. The van der Waals surface area contributed by atoms with Gasteiger partial charge in [0.15, 0.2) is 6.29 Å². The molecule has 1 fully saturated rings. The molecule has 2 unspecified atom stereocenters. The summed E-state index contributed by atoms with van der Waals surface area (Å²) >= 11 is 0. The topological polar surface area (TPSA) is 18.5 Å². The Labute approximate surface area is 132 Å². The Hall–Kier alpha value is -0.340. The Morgan fingerprint density at radius 3 is 2.57 bits per heavy atom. The van der Waals surface area contributed by atoms with E-state index in [9.17, 15) is 0 Å². The third-order valence-corrected chi connectivity index (χ3v) is 4.04. The van der Waals surface area contributed by atoms with Gasteiger partial charge >= 0.3 is 0 Å². The minimum atomic E-state index is 0.0669. The molecule has 0 aromatic heterocycles. The van der Waals surface area contributed by atoms with Gasteiger partial charge in [0.2, 0.25) is 0 Å². The Bertz CT molecular complexity index is 244. The minimum absolute atomic E-state index is 0.0669. The van der Waals surface area contributed by atoms with Gasteiger partial charge in [-0.15, -0.1) is 0 Å². The van der Waals surface area contributed by atoms with Gasteiger partial charge in [0.25, 0.3) is 0 Å². The number of ether oxygens (including phenoxy) is 2. The molecular formula is C19H35O2. The number of unbranched alkanes of at least 4 members (excludes halogenated alkanes) is 6. The van der Waals surface area contributed by atoms with Crippen LogP contribution in [0, 0.1) is 6.92 Å². The summed E-state index contributed by atoms with van der Waals surface area (Å²) in [4.78, 5) is 0. The van der Waals surface area contributed by atoms with Gasteiger partial charge in [-0.3, -0.25) is 0 Å². The van der Waals surface area contributed by atoms with E-state index in [1.54, 1.807) is 0 Å². The summed E-state index contributed by atoms with van der Waals surface area (Å²) in [6.45, 7) is 6.91. The molecule has 1 saturated heterocycles. The highest BCUT2D eigenvalue weighted by molar-refractivity contribution is 4.81. The summed E-state index contributed by atoms with van der Waals surface area (Å²) in [5.41, 5.74) is 0. The lowest BCUT2D eigenvalue weighted by molar-refractivity contribution is -0.185. The molecule has 1 aliphatic heterocycles. The Balaban J connectivity index is 1.85. The van der Waals surface area contributed by atoms with E-state index >= 15 is 0 Å². The van der Waals surface area contributed by atoms with E-state index in [-0.39, 0.29) is 6.29 Å². The van der Waals surface area contributed by atoms with Crippen LogP contribution in [0.5, 0.6) is 0 Å². The molecule has 0 amide bonds. The van der Waals surface area contributed by atoms with E-state index in [4.69, 9.17) is 9.47 Å². The molecule has 2 heteroatoms. The van der Waals surface area contributed by atoms with Gasteiger partial charge in [-0.25, -0.2) is 0 Å². The summed E-state index contributed by atoms with van der Waals surface area (Å²) in [5.74, 6) is 0. The van der Waals surface area contributed by atoms with Gasteiger partial charge in [-0.1, -0.05) is 44.8 Å². The summed E-state index contributed by atoms with van der Waals surface area (Å²) in [6, 6.07) is 0. The van der Waals surface area contributed by atoms with Gasteiger partial charge in [0.05, 0.1) is 6.10 Å². The number of hydrogen-bond acceptors (Lipinski definition) is 2. The van der Waals surface area contributed by atoms with Crippen LogP contribution in [0.3, 0.4) is 0 Å². The fourth-order valence-corrected chi connectivity index (χ4v) is 2.69. The first kappa shape index (κ1) is 18.7. The summed E-state index contributed by atoms with van der Waals surface area (Å²) in [5, 5.41) is 0. The zero-order valence-corrected chi connectivity index (χ0v) is 14.0. The van der Waals surface area contributed by atoms with Crippen LogP contribution in [0.1, 0.15) is 84.0 Å². The first-order valence-corrected chi connectivity index (χ1v) is 9.04. The molecule has 1 rings (SSSR count). The quantitative estimate of drug-likeness (QED) is 0.333. The average molecular weight is 295 g/mol. The fourth-order valence-electron chi connectivity index (χ4n) is 2.69. The van der Waals surface area contributed by atoms with Crippen molar-refractivity contribution in [3.05, 3.63) is 19.1 Å². The number of hydrogen-bond donors (Lipinski definition) is 0. The maximum atomic E-state index is 5.94. The number of rotatable bonds is 12. The number of allylic oxidation sites excluding steroid dienone is 2. The molecule has 0 aliphatic carbocycles. The minimum Gasteiger partial charge on any atom is -0.353 e. The molecule has 21 heavy (non-hydrogen) atoms. The van der Waals surface area contributed by atoms with E-state index in [1.807, 2.05) is 0 Å². The maximum absolute atomic E-state index is 5.94. The van der Waals surface area contributed by atoms with Gasteiger partial charge in [0.1, 0.15) is 0 Å². The molecule has 0 spiro atoms. The molecule has 1 radical (unpaired) electrons. The van der Waals surface area contributed by atoms with Crippen molar-refractivity contribution < 1.29 is 9.47 Å². The van der Waals surface area contributed by atoms with E-state index in [1.165, 1.54) is 64.2 Å². The van der Waals surface area contributed by atoms with E-state index in [0.29, 0.717) is 6.10 Å². The van der Waals surface area contributed by atoms with Crippen molar-refractivity contribution in [1.29, 1.82) is 0 Å². The molecule has 0 aromatic carbocycles. The Morgan fingerprint density at radius 1 is 1.10 bits per heavy atom. The summed E-state index contributed by atoms with van der Waals surface area (Å²) in [6.07, 6.45) is 19.7. The van der Waals surface area contributed by atoms with Crippen LogP contribution in [0.4, 0.5) is 0 Å². The average Bonchev–Trinajstić information content (AvgIpc) is 2.50. The van der Waals surface area contributed by atoms with Gasteiger partial charge in [-0.2, -0.15) is 0 Å². The van der Waals surface area contributed by atoms with Gasteiger partial charge in [0, 0.05) is 6.61 Å². The highest BCUT2D eigenvalue weighted by Gasteiger charge is 2.16. The molecule has 2 nitrogen and oxygen atoms in total. The first-order chi connectivity index (χ1) is 10.3. The lowest BCUT2D eigenvalue weighted by Crippen LogP contribution is -2.26. The predicted octanol–water partition coefficient (Wildman–Crippen LogP) is 5.82. The molecule has 1 heterocycles. The molecule has 123 valence electrons. The lowest BCUT2D eigenvalue weighted by atomic mass is 10.1. The fraction of sp³-hybridized carbons (Fsp3) is 0.842. The SMILES string of the molecule is [CH2]CCC/C=C\CCCCCCC(C)OC1CCCCO1. The van der Waals surface area contributed by atoms with Crippen molar-refractivity contribution in [2.75, 3.05) is 6.61 Å². The predicted molar refractivity (Wildman–Crippen MR) is 90.2 cm³/mol. The van der Waals surface area contributed by atoms with Crippen molar-refractivity contribution in [2.24, 2.45) is 0 Å². The van der Waals surface area contributed by atoms with Crippen molar-refractivity contribution in [2.45, 2.75) is 96.4 Å². The normalized spacial score (nSPS) is 21.0. The van der Waals surface area contributed by atoms with Crippen LogP contribution in [0.2, 0.25) is 0 Å². The Morgan fingerprint density at radius 2 is 1.86 bits per heavy atom. The van der Waals surface area contributed by atoms with E-state index in [0.717, 1.165) is 19.4 Å². The van der Waals surface area contributed by atoms with Gasteiger partial charge in [-0.05, 0) is 58.3 Å². The second-order valence-electron chi connectivity index (χ2n) is 6.20. The zero-order valence-electron chi connectivity index (χ0n) is 14.0. The van der Waals surface area contributed by atoms with Crippen molar-refractivity contribution in [3.63, 3.8) is 0 Å². The maximum Gasteiger partial charge on any atom is 0.157 e. The van der Waals surface area contributed by atoms with E-state index in [2.05, 4.69) is 26.0 Å². The standard InChI is InChI=1S/C19H35O2/c1-3-4-5-6-7-8-9-10-11-12-15-18(2)21-19-16-13-14-17-20-19/h6-7,18-19H,1,3-5,8-17H2,2H3/b7-6-.